The lowest BCUT2D eigenvalue weighted by atomic mass is 9.85. The van der Waals surface area contributed by atoms with Crippen LogP contribution in [0.2, 0.25) is 0 Å². The quantitative estimate of drug-likeness (QED) is 0.546. The smallest absolute Gasteiger partial charge is 0.248 e. The normalized spacial score (nSPS) is 32.8. The summed E-state index contributed by atoms with van der Waals surface area (Å²) in [5, 5.41) is 10.6. The van der Waals surface area contributed by atoms with Crippen LogP contribution in [0.4, 0.5) is 0 Å². The SMILES string of the molecule is O=C1C2C3C=CC(C3)C2C(=O)N1CCNC(=O)C1(n2cccn2)CCNCC1. The summed E-state index contributed by atoms with van der Waals surface area (Å²) in [5.41, 5.74) is -0.715. The van der Waals surface area contributed by atoms with Crippen LogP contribution in [0.15, 0.2) is 30.6 Å². The molecule has 0 radical (unpaired) electrons. The number of hydrogen-bond donors (Lipinski definition) is 2. The highest BCUT2D eigenvalue weighted by atomic mass is 16.2. The van der Waals surface area contributed by atoms with Crippen molar-refractivity contribution in [1.82, 2.24) is 25.3 Å². The van der Waals surface area contributed by atoms with Crippen LogP contribution >= 0.6 is 0 Å². The van der Waals surface area contributed by atoms with E-state index in [9.17, 15) is 14.4 Å². The maximum Gasteiger partial charge on any atom is 0.248 e. The van der Waals surface area contributed by atoms with Gasteiger partial charge in [-0.15, -0.1) is 0 Å². The van der Waals surface area contributed by atoms with Gasteiger partial charge in [0.1, 0.15) is 5.54 Å². The van der Waals surface area contributed by atoms with Gasteiger partial charge in [0.2, 0.25) is 17.7 Å². The van der Waals surface area contributed by atoms with E-state index in [4.69, 9.17) is 0 Å². The molecule has 2 bridgehead atoms. The molecule has 8 heteroatoms. The van der Waals surface area contributed by atoms with Gasteiger partial charge in [0.15, 0.2) is 0 Å². The standard InChI is InChI=1S/C20H25N5O3/c26-17-15-13-2-3-14(12-13)16(15)18(27)24(17)11-9-22-19(28)20(4-7-21-8-5-20)25-10-1-6-23-25/h1-3,6,10,13-16,21H,4-5,7-9,11-12H2,(H,22,28). The van der Waals surface area contributed by atoms with E-state index in [0.717, 1.165) is 19.5 Å². The first-order valence-electron chi connectivity index (χ1n) is 10.1. The number of imide groups is 1. The number of nitrogens with one attached hydrogen (secondary N) is 2. The first-order valence-corrected chi connectivity index (χ1v) is 10.1. The van der Waals surface area contributed by atoms with E-state index in [2.05, 4.69) is 27.9 Å². The Balaban J connectivity index is 1.24. The van der Waals surface area contributed by atoms with Gasteiger partial charge in [-0.3, -0.25) is 24.0 Å². The fourth-order valence-corrected chi connectivity index (χ4v) is 5.55. The second-order valence-electron chi connectivity index (χ2n) is 8.32. The Hall–Kier alpha value is -2.48. The van der Waals surface area contributed by atoms with Gasteiger partial charge in [-0.05, 0) is 50.3 Å². The molecule has 5 rings (SSSR count). The summed E-state index contributed by atoms with van der Waals surface area (Å²) in [4.78, 5) is 39.9. The second-order valence-corrected chi connectivity index (χ2v) is 8.32. The summed E-state index contributed by atoms with van der Waals surface area (Å²) < 4.78 is 1.74. The first kappa shape index (κ1) is 17.6. The molecule has 0 aromatic carbocycles. The van der Waals surface area contributed by atoms with Crippen LogP contribution in [-0.4, -0.2) is 58.6 Å². The zero-order valence-corrected chi connectivity index (χ0v) is 15.7. The molecular weight excluding hydrogens is 358 g/mol. The summed E-state index contributed by atoms with van der Waals surface area (Å²) in [6.45, 7) is 2.00. The second kappa shape index (κ2) is 6.55. The molecule has 3 heterocycles. The lowest BCUT2D eigenvalue weighted by molar-refractivity contribution is -0.141. The number of nitrogens with zero attached hydrogens (tertiary/aromatic N) is 3. The fraction of sp³-hybridized carbons (Fsp3) is 0.600. The minimum Gasteiger partial charge on any atom is -0.352 e. The molecule has 2 saturated heterocycles. The molecule has 2 aliphatic heterocycles. The van der Waals surface area contributed by atoms with Crippen LogP contribution in [-0.2, 0) is 19.9 Å². The summed E-state index contributed by atoms with van der Waals surface area (Å²) in [7, 11) is 0. The van der Waals surface area contributed by atoms with Gasteiger partial charge in [0.25, 0.3) is 0 Å². The van der Waals surface area contributed by atoms with Crippen LogP contribution in [0.25, 0.3) is 0 Å². The Morgan fingerprint density at radius 1 is 1.18 bits per heavy atom. The van der Waals surface area contributed by atoms with Gasteiger partial charge >= 0.3 is 0 Å². The molecule has 148 valence electrons. The molecule has 1 saturated carbocycles. The number of likely N-dealkylation sites (tertiary alicyclic amines) is 1. The summed E-state index contributed by atoms with van der Waals surface area (Å²) in [5.74, 6) is -0.169. The van der Waals surface area contributed by atoms with Gasteiger partial charge in [0, 0.05) is 25.5 Å². The Morgan fingerprint density at radius 3 is 2.46 bits per heavy atom. The average Bonchev–Trinajstić information content (AvgIpc) is 3.49. The molecule has 1 aromatic rings. The molecule has 0 spiro atoms. The molecule has 4 aliphatic rings. The van der Waals surface area contributed by atoms with Crippen molar-refractivity contribution < 1.29 is 14.4 Å². The molecule has 8 nitrogen and oxygen atoms in total. The molecular formula is C20H25N5O3. The number of aromatic nitrogens is 2. The summed E-state index contributed by atoms with van der Waals surface area (Å²) in [6, 6.07) is 1.82. The predicted molar refractivity (Wildman–Crippen MR) is 99.8 cm³/mol. The highest BCUT2D eigenvalue weighted by molar-refractivity contribution is 6.06. The van der Waals surface area contributed by atoms with E-state index in [0.29, 0.717) is 12.8 Å². The van der Waals surface area contributed by atoms with Gasteiger partial charge in [-0.1, -0.05) is 12.2 Å². The third-order valence-electron chi connectivity index (χ3n) is 6.98. The number of piperidine rings is 1. The summed E-state index contributed by atoms with van der Waals surface area (Å²) >= 11 is 0. The molecule has 3 amide bonds. The van der Waals surface area contributed by atoms with Crippen molar-refractivity contribution in [3.05, 3.63) is 30.6 Å². The molecule has 4 atom stereocenters. The molecule has 3 fully saturated rings. The maximum absolute atomic E-state index is 13.1. The monoisotopic (exact) mass is 383 g/mol. The molecule has 1 aromatic heterocycles. The Labute approximate surface area is 163 Å². The van der Waals surface area contributed by atoms with Crippen LogP contribution < -0.4 is 10.6 Å². The van der Waals surface area contributed by atoms with Crippen molar-refractivity contribution in [3.8, 4) is 0 Å². The number of carbonyl (C=O) groups excluding carboxylic acids is 3. The number of carbonyl (C=O) groups is 3. The third-order valence-corrected chi connectivity index (χ3v) is 6.98. The molecule has 2 N–H and O–H groups in total. The minimum atomic E-state index is -0.715. The minimum absolute atomic E-state index is 0.0650. The fourth-order valence-electron chi connectivity index (χ4n) is 5.55. The van der Waals surface area contributed by atoms with E-state index in [1.807, 2.05) is 12.3 Å². The van der Waals surface area contributed by atoms with Crippen molar-refractivity contribution in [2.75, 3.05) is 26.2 Å². The summed E-state index contributed by atoms with van der Waals surface area (Å²) in [6.07, 6.45) is 9.92. The van der Waals surface area contributed by atoms with Gasteiger partial charge in [0.05, 0.1) is 11.8 Å². The zero-order valence-electron chi connectivity index (χ0n) is 15.7. The van der Waals surface area contributed by atoms with Gasteiger partial charge in [-0.2, -0.15) is 5.10 Å². The highest BCUT2D eigenvalue weighted by Gasteiger charge is 2.59. The third kappa shape index (κ3) is 2.47. The van der Waals surface area contributed by atoms with E-state index in [-0.39, 0.29) is 54.5 Å². The van der Waals surface area contributed by atoms with E-state index in [1.54, 1.807) is 10.9 Å². The Morgan fingerprint density at radius 2 is 1.86 bits per heavy atom. The Bertz CT molecular complexity index is 797. The number of fused-ring (bicyclic) bond motifs is 5. The van der Waals surface area contributed by atoms with Crippen LogP contribution in [0.3, 0.4) is 0 Å². The van der Waals surface area contributed by atoms with Crippen molar-refractivity contribution in [2.24, 2.45) is 23.7 Å². The highest BCUT2D eigenvalue weighted by Crippen LogP contribution is 2.52. The molecule has 4 unspecified atom stereocenters. The van der Waals surface area contributed by atoms with Crippen LogP contribution in [0, 0.1) is 23.7 Å². The predicted octanol–water partition coefficient (Wildman–Crippen LogP) is -0.115. The largest absolute Gasteiger partial charge is 0.352 e. The molecule has 28 heavy (non-hydrogen) atoms. The number of amides is 3. The number of allylic oxidation sites excluding steroid dienone is 2. The van der Waals surface area contributed by atoms with Crippen LogP contribution in [0.5, 0.6) is 0 Å². The zero-order chi connectivity index (χ0) is 19.3. The topological polar surface area (TPSA) is 96.3 Å². The maximum atomic E-state index is 13.1. The van der Waals surface area contributed by atoms with Crippen molar-refractivity contribution >= 4 is 17.7 Å². The van der Waals surface area contributed by atoms with E-state index < -0.39 is 5.54 Å². The van der Waals surface area contributed by atoms with Crippen LogP contribution in [0.1, 0.15) is 19.3 Å². The first-order chi connectivity index (χ1) is 13.6. The number of rotatable bonds is 5. The van der Waals surface area contributed by atoms with E-state index >= 15 is 0 Å². The van der Waals surface area contributed by atoms with Crippen molar-refractivity contribution in [2.45, 2.75) is 24.8 Å². The Kier molecular flexibility index (Phi) is 4.12. The number of hydrogen-bond acceptors (Lipinski definition) is 5. The van der Waals surface area contributed by atoms with E-state index in [1.165, 1.54) is 4.90 Å². The molecule has 2 aliphatic carbocycles. The van der Waals surface area contributed by atoms with Crippen molar-refractivity contribution in [3.63, 3.8) is 0 Å². The van der Waals surface area contributed by atoms with Gasteiger partial charge in [-0.25, -0.2) is 0 Å². The lowest BCUT2D eigenvalue weighted by Gasteiger charge is -2.36. The lowest BCUT2D eigenvalue weighted by Crippen LogP contribution is -2.55. The average molecular weight is 383 g/mol. The van der Waals surface area contributed by atoms with Crippen molar-refractivity contribution in [1.29, 1.82) is 0 Å². The van der Waals surface area contributed by atoms with Gasteiger partial charge < -0.3 is 10.6 Å².